The Labute approximate surface area is 375 Å². The highest BCUT2D eigenvalue weighted by atomic mass is 16.4. The molecule has 0 radical (unpaired) electrons. The average molecular weight is 893 g/mol. The Hall–Kier alpha value is -6.40. The van der Waals surface area contributed by atoms with E-state index < -0.39 is 83.7 Å². The number of amides is 7. The Morgan fingerprint density at radius 1 is 0.844 bits per heavy atom. The highest BCUT2D eigenvalue weighted by Crippen LogP contribution is 2.18. The van der Waals surface area contributed by atoms with Gasteiger partial charge >= 0.3 is 12.0 Å². The lowest BCUT2D eigenvalue weighted by Crippen LogP contribution is -2.61. The van der Waals surface area contributed by atoms with Gasteiger partial charge in [0.25, 0.3) is 0 Å². The molecule has 1 aliphatic rings. The van der Waals surface area contributed by atoms with Gasteiger partial charge in [-0.3, -0.25) is 29.0 Å². The van der Waals surface area contributed by atoms with Gasteiger partial charge in [-0.15, -0.1) is 0 Å². The number of nitrogens with two attached hydrogens (primary N) is 2. The number of nitrogens with one attached hydrogen (secondary N) is 6. The van der Waals surface area contributed by atoms with E-state index in [9.17, 15) is 43.8 Å². The number of hydrogen-bond donors (Lipinski definition) is 10. The van der Waals surface area contributed by atoms with Crippen LogP contribution in [0.2, 0.25) is 0 Å². The maximum Gasteiger partial charge on any atom is 0.326 e. The second-order valence-corrected chi connectivity index (χ2v) is 16.7. The number of likely N-dealkylation sites (N-methyl/N-ethyl adjacent to an activating group) is 1. The first-order chi connectivity index (χ1) is 30.4. The molecule has 1 aliphatic heterocycles. The summed E-state index contributed by atoms with van der Waals surface area (Å²) in [5.41, 5.74) is 12.4. The summed E-state index contributed by atoms with van der Waals surface area (Å²) in [4.78, 5) is 101. The maximum absolute atomic E-state index is 14.7. The highest BCUT2D eigenvalue weighted by molar-refractivity contribution is 5.96. The summed E-state index contributed by atoms with van der Waals surface area (Å²) in [5.74, 6) is -5.18. The number of carboxylic acids is 1. The van der Waals surface area contributed by atoms with Crippen molar-refractivity contribution in [1.29, 1.82) is 0 Å². The molecule has 1 unspecified atom stereocenters. The molecule has 0 aromatic heterocycles. The molecule has 7 amide bonds. The van der Waals surface area contributed by atoms with Crippen LogP contribution < -0.4 is 43.4 Å². The third-order valence-electron chi connectivity index (χ3n) is 11.4. The Morgan fingerprint density at radius 3 is 2.11 bits per heavy atom. The molecule has 19 heteroatoms. The molecule has 1 fully saturated rings. The van der Waals surface area contributed by atoms with Gasteiger partial charge in [0.1, 0.15) is 42.0 Å². The van der Waals surface area contributed by atoms with Gasteiger partial charge in [-0.1, -0.05) is 76.6 Å². The van der Waals surface area contributed by atoms with Gasteiger partial charge in [0.15, 0.2) is 5.96 Å². The summed E-state index contributed by atoms with van der Waals surface area (Å²) in [6.45, 7) is 7.43. The molecular formula is C45H68N10O9. The van der Waals surface area contributed by atoms with Gasteiger partial charge in [-0.05, 0) is 92.9 Å². The van der Waals surface area contributed by atoms with E-state index in [-0.39, 0.29) is 62.8 Å². The van der Waals surface area contributed by atoms with Crippen LogP contribution in [0.1, 0.15) is 90.2 Å². The SMILES string of the molecule is CC[C@H](C)[C@@H]1NC(=O)C(CCc2ccc(O)cc2)N(C)C(=O)[C@H](CCc2ccccc2)NC(=O)[C@H](C(C)C)NC(=O)[C@H](NC(=O)N[C@@H](CCCN=C(N)N)C(=O)O)CCCCNC1=O. The Balaban J connectivity index is 2.02. The molecule has 7 atom stereocenters. The zero-order chi connectivity index (χ0) is 47.3. The van der Waals surface area contributed by atoms with Crippen molar-refractivity contribution in [2.75, 3.05) is 20.1 Å². The normalized spacial score (nSPS) is 21.7. The minimum atomic E-state index is -1.33. The number of aliphatic imine (C=N–C) groups is 1. The third kappa shape index (κ3) is 17.0. The Morgan fingerprint density at radius 2 is 1.48 bits per heavy atom. The monoisotopic (exact) mass is 893 g/mol. The standard InChI is InChI=1S/C45H68N10O9/c1-6-28(4)37-40(59)48-25-11-10-15-32(51-45(64)52-34(43(62)63)16-12-26-49-44(46)47)38(57)53-36(27(2)3)41(60)50-33(23-19-29-13-8-7-9-14-29)42(61)55(5)35(39(58)54-37)24-20-30-17-21-31(56)22-18-30/h7-9,13-14,17-18,21-22,27-28,32-37,56H,6,10-12,15-16,19-20,23-26H2,1-5H3,(H,48,59)(H,50,60)(H,53,57)(H,54,58)(H,62,63)(H4,46,47,49)(H2,51,52,64)/t28-,32+,33-,34-,35?,36-,37-/m0/s1. The maximum atomic E-state index is 14.7. The molecule has 19 nitrogen and oxygen atoms in total. The summed E-state index contributed by atoms with van der Waals surface area (Å²) < 4.78 is 0. The fraction of sp³-hybridized carbons (Fsp3) is 0.556. The molecule has 12 N–H and O–H groups in total. The van der Waals surface area contributed by atoms with Crippen LogP contribution >= 0.6 is 0 Å². The van der Waals surface area contributed by atoms with E-state index in [0.717, 1.165) is 11.1 Å². The second-order valence-electron chi connectivity index (χ2n) is 16.7. The third-order valence-corrected chi connectivity index (χ3v) is 11.4. The molecule has 0 saturated carbocycles. The first kappa shape index (κ1) is 51.9. The molecule has 0 aliphatic carbocycles. The number of phenolic OH excluding ortho intramolecular Hbond substituents is 1. The largest absolute Gasteiger partial charge is 0.508 e. The number of phenols is 1. The van der Waals surface area contributed by atoms with Crippen molar-refractivity contribution < 1.29 is 43.8 Å². The Kier molecular flexibility index (Phi) is 21.3. The summed E-state index contributed by atoms with van der Waals surface area (Å²) in [6, 6.07) is 7.91. The molecule has 2 aromatic carbocycles. The number of aliphatic carboxylic acids is 1. The van der Waals surface area contributed by atoms with E-state index in [1.165, 1.54) is 24.1 Å². The number of aromatic hydroxyl groups is 1. The number of benzene rings is 2. The van der Waals surface area contributed by atoms with E-state index in [2.05, 4.69) is 36.9 Å². The number of urea groups is 1. The number of aryl methyl sites for hydroxylation is 2. The van der Waals surface area contributed by atoms with Crippen molar-refractivity contribution in [3.8, 4) is 5.75 Å². The van der Waals surface area contributed by atoms with Crippen LogP contribution in [-0.2, 0) is 41.6 Å². The number of guanidine groups is 1. The molecule has 64 heavy (non-hydrogen) atoms. The quantitative estimate of drug-likeness (QED) is 0.0653. The van der Waals surface area contributed by atoms with E-state index in [1.54, 1.807) is 26.0 Å². The smallest absolute Gasteiger partial charge is 0.326 e. The molecule has 0 spiro atoms. The number of hydrogen-bond acceptors (Lipinski definition) is 9. The van der Waals surface area contributed by atoms with Crippen LogP contribution in [0.5, 0.6) is 5.75 Å². The van der Waals surface area contributed by atoms with Crippen molar-refractivity contribution in [3.05, 3.63) is 65.7 Å². The van der Waals surface area contributed by atoms with E-state index in [4.69, 9.17) is 11.5 Å². The van der Waals surface area contributed by atoms with Gasteiger partial charge in [0.05, 0.1) is 0 Å². The molecule has 1 heterocycles. The van der Waals surface area contributed by atoms with E-state index in [1.807, 2.05) is 44.2 Å². The van der Waals surface area contributed by atoms with Crippen LogP contribution in [-0.4, -0.2) is 119 Å². The second kappa shape index (κ2) is 26.3. The van der Waals surface area contributed by atoms with Crippen LogP contribution in [0.4, 0.5) is 4.79 Å². The van der Waals surface area contributed by atoms with Gasteiger partial charge < -0.3 is 58.5 Å². The predicted octanol–water partition coefficient (Wildman–Crippen LogP) is 1.42. The highest BCUT2D eigenvalue weighted by Gasteiger charge is 2.37. The zero-order valence-corrected chi connectivity index (χ0v) is 37.6. The van der Waals surface area contributed by atoms with E-state index in [0.29, 0.717) is 32.1 Å². The molecule has 3 rings (SSSR count). The topological polar surface area (TPSA) is 300 Å². The van der Waals surface area contributed by atoms with Crippen molar-refractivity contribution in [1.82, 2.24) is 36.8 Å². The minimum Gasteiger partial charge on any atom is -0.508 e. The first-order valence-electron chi connectivity index (χ1n) is 22.0. The Bertz CT molecular complexity index is 1890. The summed E-state index contributed by atoms with van der Waals surface area (Å²) in [5, 5.41) is 36.0. The molecular weight excluding hydrogens is 825 g/mol. The van der Waals surface area contributed by atoms with Gasteiger partial charge in [0, 0.05) is 20.1 Å². The number of carboxylic acid groups (broad SMARTS) is 1. The fourth-order valence-electron chi connectivity index (χ4n) is 7.26. The predicted molar refractivity (Wildman–Crippen MR) is 241 cm³/mol. The molecule has 0 bridgehead atoms. The first-order valence-corrected chi connectivity index (χ1v) is 22.0. The summed E-state index contributed by atoms with van der Waals surface area (Å²) in [7, 11) is 1.48. The number of rotatable bonds is 16. The van der Waals surface area contributed by atoms with Crippen molar-refractivity contribution in [2.24, 2.45) is 28.3 Å². The van der Waals surface area contributed by atoms with Gasteiger partial charge in [-0.2, -0.15) is 0 Å². The van der Waals surface area contributed by atoms with Crippen LogP contribution in [0.3, 0.4) is 0 Å². The summed E-state index contributed by atoms with van der Waals surface area (Å²) >= 11 is 0. The van der Waals surface area contributed by atoms with Crippen molar-refractivity contribution in [2.45, 2.75) is 128 Å². The number of carbonyl (C=O) groups excluding carboxylic acids is 6. The van der Waals surface area contributed by atoms with Gasteiger partial charge in [-0.25, -0.2) is 9.59 Å². The minimum absolute atomic E-state index is 0.0116. The fourth-order valence-corrected chi connectivity index (χ4v) is 7.26. The lowest BCUT2D eigenvalue weighted by atomic mass is 9.96. The molecule has 352 valence electrons. The van der Waals surface area contributed by atoms with Gasteiger partial charge in [0.2, 0.25) is 29.5 Å². The average Bonchev–Trinajstić information content (AvgIpc) is 3.26. The van der Waals surface area contributed by atoms with Crippen LogP contribution in [0.15, 0.2) is 59.6 Å². The molecule has 1 saturated heterocycles. The lowest BCUT2D eigenvalue weighted by molar-refractivity contribution is -0.143. The zero-order valence-electron chi connectivity index (χ0n) is 37.6. The van der Waals surface area contributed by atoms with E-state index >= 15 is 0 Å². The lowest BCUT2D eigenvalue weighted by Gasteiger charge is -2.33. The summed E-state index contributed by atoms with van der Waals surface area (Å²) in [6.07, 6.45) is 2.45. The van der Waals surface area contributed by atoms with Crippen LogP contribution in [0.25, 0.3) is 0 Å². The van der Waals surface area contributed by atoms with Crippen LogP contribution in [0, 0.1) is 11.8 Å². The van der Waals surface area contributed by atoms with Crippen molar-refractivity contribution >= 4 is 47.5 Å². The number of carbonyl (C=O) groups is 7. The van der Waals surface area contributed by atoms with Crippen molar-refractivity contribution in [3.63, 3.8) is 0 Å². The number of nitrogens with zero attached hydrogens (tertiary/aromatic N) is 2. The molecule has 2 aromatic rings.